The van der Waals surface area contributed by atoms with Gasteiger partial charge in [0.1, 0.15) is 6.26 Å². The predicted octanol–water partition coefficient (Wildman–Crippen LogP) is 3.47. The van der Waals surface area contributed by atoms with Crippen LogP contribution in [0, 0.1) is 0 Å². The Labute approximate surface area is 128 Å². The lowest BCUT2D eigenvalue weighted by Gasteiger charge is -2.06. The average Bonchev–Trinajstić information content (AvgIpc) is 2.92. The summed E-state index contributed by atoms with van der Waals surface area (Å²) in [6, 6.07) is 4.56. The number of primary amides is 1. The quantitative estimate of drug-likeness (QED) is 0.911. The normalized spacial score (nSPS) is 13.1. The second kappa shape index (κ2) is 6.43. The van der Waals surface area contributed by atoms with Crippen molar-refractivity contribution in [3.05, 3.63) is 41.8 Å². The van der Waals surface area contributed by atoms with Gasteiger partial charge < -0.3 is 10.2 Å². The lowest BCUT2D eigenvalue weighted by Crippen LogP contribution is -2.22. The molecular weight excluding hydrogens is 317 g/mol. The molecule has 0 spiro atoms. The van der Waals surface area contributed by atoms with Gasteiger partial charge in [0.15, 0.2) is 0 Å². The molecule has 2 aromatic rings. The van der Waals surface area contributed by atoms with Gasteiger partial charge in [0.05, 0.1) is 16.5 Å². The molecule has 2 rings (SSSR count). The number of hydrogen-bond donors (Lipinski definition) is 1. The van der Waals surface area contributed by atoms with Crippen LogP contribution in [0.25, 0.3) is 11.5 Å². The molecule has 1 amide bonds. The Balaban J connectivity index is 2.06. The van der Waals surface area contributed by atoms with Crippen LogP contribution >= 0.6 is 11.8 Å². The molecular formula is C14H13F3N2O2S. The van der Waals surface area contributed by atoms with Gasteiger partial charge in [-0.05, 0) is 31.2 Å². The summed E-state index contributed by atoms with van der Waals surface area (Å²) in [5.74, 6) is 0.237. The molecule has 0 fully saturated rings. The number of aromatic nitrogens is 1. The third-order valence-electron chi connectivity index (χ3n) is 2.89. The maximum absolute atomic E-state index is 12.5. The Morgan fingerprint density at radius 1 is 1.36 bits per heavy atom. The van der Waals surface area contributed by atoms with Crippen LogP contribution in [0.5, 0.6) is 0 Å². The first-order valence-electron chi connectivity index (χ1n) is 6.30. The molecule has 22 heavy (non-hydrogen) atoms. The molecule has 0 radical (unpaired) electrons. The molecule has 0 aliphatic carbocycles. The number of hydrogen-bond acceptors (Lipinski definition) is 4. The predicted molar refractivity (Wildman–Crippen MR) is 76.9 cm³/mol. The van der Waals surface area contributed by atoms with Crippen LogP contribution in [0.3, 0.4) is 0 Å². The number of thioether (sulfide) groups is 1. The number of benzene rings is 1. The van der Waals surface area contributed by atoms with Gasteiger partial charge in [0.25, 0.3) is 0 Å². The first-order valence-corrected chi connectivity index (χ1v) is 7.35. The Kier molecular flexibility index (Phi) is 4.80. The molecule has 8 heteroatoms. The Hall–Kier alpha value is -1.96. The van der Waals surface area contributed by atoms with Crippen LogP contribution in [0.2, 0.25) is 0 Å². The van der Waals surface area contributed by atoms with Gasteiger partial charge in [0, 0.05) is 11.3 Å². The molecule has 0 saturated heterocycles. The maximum Gasteiger partial charge on any atom is 0.416 e. The molecule has 0 bridgehead atoms. The van der Waals surface area contributed by atoms with Crippen molar-refractivity contribution in [1.82, 2.24) is 4.98 Å². The van der Waals surface area contributed by atoms with Crippen LogP contribution in [0.1, 0.15) is 18.2 Å². The highest BCUT2D eigenvalue weighted by Crippen LogP contribution is 2.31. The number of nitrogens with zero attached hydrogens (tertiary/aromatic N) is 1. The van der Waals surface area contributed by atoms with Crippen LogP contribution in [-0.4, -0.2) is 16.1 Å². The van der Waals surface area contributed by atoms with Crippen molar-refractivity contribution in [2.45, 2.75) is 24.1 Å². The lowest BCUT2D eigenvalue weighted by atomic mass is 10.1. The second-order valence-electron chi connectivity index (χ2n) is 4.57. The van der Waals surface area contributed by atoms with Gasteiger partial charge in [-0.1, -0.05) is 0 Å². The monoisotopic (exact) mass is 330 g/mol. The minimum atomic E-state index is -4.37. The van der Waals surface area contributed by atoms with E-state index in [0.717, 1.165) is 12.1 Å². The molecule has 0 saturated carbocycles. The molecule has 1 heterocycles. The third kappa shape index (κ3) is 4.03. The first kappa shape index (κ1) is 16.4. The van der Waals surface area contributed by atoms with E-state index < -0.39 is 17.6 Å². The second-order valence-corrected chi connectivity index (χ2v) is 5.90. The average molecular weight is 330 g/mol. The van der Waals surface area contributed by atoms with Gasteiger partial charge in [-0.2, -0.15) is 13.2 Å². The van der Waals surface area contributed by atoms with Crippen molar-refractivity contribution in [1.29, 1.82) is 0 Å². The summed E-state index contributed by atoms with van der Waals surface area (Å²) in [6.07, 6.45) is -2.96. The molecule has 4 nitrogen and oxygen atoms in total. The van der Waals surface area contributed by atoms with E-state index in [9.17, 15) is 18.0 Å². The van der Waals surface area contributed by atoms with Crippen LogP contribution < -0.4 is 5.73 Å². The summed E-state index contributed by atoms with van der Waals surface area (Å²) >= 11 is 1.31. The van der Waals surface area contributed by atoms with Crippen LogP contribution in [-0.2, 0) is 16.7 Å². The van der Waals surface area contributed by atoms with Crippen molar-refractivity contribution < 1.29 is 22.4 Å². The molecule has 0 aliphatic rings. The highest BCUT2D eigenvalue weighted by molar-refractivity contribution is 7.99. The van der Waals surface area contributed by atoms with Crippen molar-refractivity contribution in [2.75, 3.05) is 0 Å². The minimum absolute atomic E-state index is 0.232. The van der Waals surface area contributed by atoms with E-state index >= 15 is 0 Å². The molecule has 2 N–H and O–H groups in total. The Morgan fingerprint density at radius 2 is 2.00 bits per heavy atom. The fourth-order valence-corrected chi connectivity index (χ4v) is 2.32. The van der Waals surface area contributed by atoms with Gasteiger partial charge in [0.2, 0.25) is 11.8 Å². The van der Waals surface area contributed by atoms with Gasteiger partial charge in [-0.25, -0.2) is 4.98 Å². The molecule has 1 aromatic carbocycles. The smallest absolute Gasteiger partial charge is 0.416 e. The zero-order chi connectivity index (χ0) is 16.3. The lowest BCUT2D eigenvalue weighted by molar-refractivity contribution is -0.137. The van der Waals surface area contributed by atoms with Gasteiger partial charge >= 0.3 is 6.18 Å². The number of rotatable bonds is 5. The third-order valence-corrected chi connectivity index (χ3v) is 4.09. The van der Waals surface area contributed by atoms with Crippen LogP contribution in [0.15, 0.2) is 34.9 Å². The summed E-state index contributed by atoms with van der Waals surface area (Å²) in [5, 5.41) is -0.355. The number of carbonyl (C=O) groups excluding carboxylic acids is 1. The molecule has 1 atom stereocenters. The summed E-state index contributed by atoms with van der Waals surface area (Å²) in [6.45, 7) is 1.68. The number of halogens is 3. The number of amides is 1. The summed E-state index contributed by atoms with van der Waals surface area (Å²) < 4.78 is 42.7. The van der Waals surface area contributed by atoms with Crippen molar-refractivity contribution in [2.24, 2.45) is 5.73 Å². The number of oxazole rings is 1. The summed E-state index contributed by atoms with van der Waals surface area (Å²) in [7, 11) is 0. The number of alkyl halides is 3. The topological polar surface area (TPSA) is 69.1 Å². The first-order chi connectivity index (χ1) is 10.3. The Morgan fingerprint density at radius 3 is 2.55 bits per heavy atom. The summed E-state index contributed by atoms with van der Waals surface area (Å²) in [5.41, 5.74) is 5.46. The zero-order valence-electron chi connectivity index (χ0n) is 11.6. The fourth-order valence-electron chi connectivity index (χ4n) is 1.60. The van der Waals surface area contributed by atoms with E-state index in [1.165, 1.54) is 30.2 Å². The Bertz CT molecular complexity index is 653. The van der Waals surface area contributed by atoms with E-state index in [4.69, 9.17) is 10.2 Å². The minimum Gasteiger partial charge on any atom is -0.444 e. The largest absolute Gasteiger partial charge is 0.444 e. The van der Waals surface area contributed by atoms with E-state index in [2.05, 4.69) is 4.98 Å². The SMILES string of the molecule is C[C@@H](SCc1coc(-c2ccc(C(F)(F)F)cc2)n1)C(N)=O. The van der Waals surface area contributed by atoms with Crippen LogP contribution in [0.4, 0.5) is 13.2 Å². The standard InChI is InChI=1S/C14H13F3N2O2S/c1-8(12(18)20)22-7-11-6-21-13(19-11)9-2-4-10(5-3-9)14(15,16)17/h2-6,8H,7H2,1H3,(H2,18,20)/t8-/m1/s1. The zero-order valence-corrected chi connectivity index (χ0v) is 12.4. The van der Waals surface area contributed by atoms with Crippen molar-refractivity contribution >= 4 is 17.7 Å². The van der Waals surface area contributed by atoms with E-state index in [-0.39, 0.29) is 11.1 Å². The molecule has 1 aromatic heterocycles. The molecule has 118 valence electrons. The van der Waals surface area contributed by atoms with Gasteiger partial charge in [-0.15, -0.1) is 11.8 Å². The molecule has 0 aliphatic heterocycles. The van der Waals surface area contributed by atoms with Gasteiger partial charge in [-0.3, -0.25) is 4.79 Å². The highest BCUT2D eigenvalue weighted by atomic mass is 32.2. The van der Waals surface area contributed by atoms with Crippen molar-refractivity contribution in [3.63, 3.8) is 0 Å². The number of nitrogens with two attached hydrogens (primary N) is 1. The fraction of sp³-hybridized carbons (Fsp3) is 0.286. The maximum atomic E-state index is 12.5. The van der Waals surface area contributed by atoms with E-state index in [1.54, 1.807) is 6.92 Å². The molecule has 0 unspecified atom stereocenters. The highest BCUT2D eigenvalue weighted by Gasteiger charge is 2.30. The van der Waals surface area contributed by atoms with E-state index in [1.807, 2.05) is 0 Å². The number of carbonyl (C=O) groups is 1. The van der Waals surface area contributed by atoms with Crippen molar-refractivity contribution in [3.8, 4) is 11.5 Å². The summed E-state index contributed by atoms with van der Waals surface area (Å²) in [4.78, 5) is 15.1. The van der Waals surface area contributed by atoms with E-state index in [0.29, 0.717) is 17.0 Å².